The van der Waals surface area contributed by atoms with Crippen LogP contribution in [-0.2, 0) is 14.3 Å². The number of ether oxygens (including phenoxy) is 2. The quantitative estimate of drug-likeness (QED) is 0.589. The van der Waals surface area contributed by atoms with Crippen LogP contribution in [0.1, 0.15) is 13.3 Å². The maximum absolute atomic E-state index is 11.5. The molecule has 0 spiro atoms. The van der Waals surface area contributed by atoms with E-state index in [-0.39, 0.29) is 18.0 Å². The van der Waals surface area contributed by atoms with E-state index in [0.29, 0.717) is 30.3 Å². The lowest BCUT2D eigenvalue weighted by Crippen LogP contribution is -2.38. The van der Waals surface area contributed by atoms with Gasteiger partial charge in [0.05, 0.1) is 18.6 Å². The van der Waals surface area contributed by atoms with Crippen LogP contribution >= 0.6 is 0 Å². The lowest BCUT2D eigenvalue weighted by Gasteiger charge is -2.32. The lowest BCUT2D eigenvalue weighted by molar-refractivity contribution is -0.144. The molecule has 3 heteroatoms. The molecule has 0 aromatic rings. The first-order valence-electron chi connectivity index (χ1n) is 5.43. The molecule has 0 radical (unpaired) electrons. The molecule has 78 valence electrons. The fourth-order valence-corrected chi connectivity index (χ4v) is 4.04. The van der Waals surface area contributed by atoms with Gasteiger partial charge in [-0.3, -0.25) is 4.79 Å². The predicted molar refractivity (Wildman–Crippen MR) is 49.5 cm³/mol. The van der Waals surface area contributed by atoms with E-state index in [0.717, 1.165) is 0 Å². The lowest BCUT2D eigenvalue weighted by atomic mass is 9.74. The monoisotopic (exact) mass is 196 g/mol. The van der Waals surface area contributed by atoms with E-state index in [1.165, 1.54) is 6.42 Å². The highest BCUT2D eigenvalue weighted by molar-refractivity contribution is 5.76. The van der Waals surface area contributed by atoms with Gasteiger partial charge in [0.2, 0.25) is 0 Å². The van der Waals surface area contributed by atoms with E-state index in [9.17, 15) is 4.79 Å². The molecule has 0 N–H and O–H groups in total. The topological polar surface area (TPSA) is 35.5 Å². The summed E-state index contributed by atoms with van der Waals surface area (Å²) in [5, 5.41) is 0. The van der Waals surface area contributed by atoms with Gasteiger partial charge in [-0.25, -0.2) is 0 Å². The first-order chi connectivity index (χ1) is 6.74. The maximum atomic E-state index is 11.5. The Balaban J connectivity index is 1.92. The average molecular weight is 196 g/mol. The molecular formula is C11H16O3. The number of hydrogen-bond donors (Lipinski definition) is 0. The van der Waals surface area contributed by atoms with Gasteiger partial charge in [-0.2, -0.15) is 0 Å². The van der Waals surface area contributed by atoms with E-state index in [4.69, 9.17) is 9.47 Å². The van der Waals surface area contributed by atoms with Crippen LogP contribution < -0.4 is 0 Å². The minimum atomic E-state index is 0.0245. The highest BCUT2D eigenvalue weighted by Gasteiger charge is 2.62. The van der Waals surface area contributed by atoms with Gasteiger partial charge in [0.15, 0.2) is 0 Å². The predicted octanol–water partition coefficient (Wildman–Crippen LogP) is 1.08. The molecule has 1 aliphatic heterocycles. The van der Waals surface area contributed by atoms with Crippen LogP contribution in [0.5, 0.6) is 0 Å². The van der Waals surface area contributed by atoms with Crippen LogP contribution in [0.15, 0.2) is 0 Å². The van der Waals surface area contributed by atoms with Crippen molar-refractivity contribution in [1.82, 2.24) is 0 Å². The normalized spacial score (nSPS) is 54.9. The summed E-state index contributed by atoms with van der Waals surface area (Å²) in [7, 11) is 1.76. The van der Waals surface area contributed by atoms with E-state index >= 15 is 0 Å². The second-order valence-electron chi connectivity index (χ2n) is 4.94. The molecule has 5 unspecified atom stereocenters. The van der Waals surface area contributed by atoms with E-state index < -0.39 is 0 Å². The maximum Gasteiger partial charge on any atom is 0.309 e. The molecule has 2 saturated carbocycles. The Labute approximate surface area is 83.8 Å². The van der Waals surface area contributed by atoms with E-state index in [1.54, 1.807) is 7.11 Å². The highest BCUT2D eigenvalue weighted by Crippen LogP contribution is 2.58. The van der Waals surface area contributed by atoms with Crippen LogP contribution in [-0.4, -0.2) is 25.8 Å². The van der Waals surface area contributed by atoms with Gasteiger partial charge >= 0.3 is 5.97 Å². The van der Waals surface area contributed by atoms with Crippen LogP contribution in [0.4, 0.5) is 0 Å². The molecule has 1 heterocycles. The van der Waals surface area contributed by atoms with Crippen molar-refractivity contribution in [2.75, 3.05) is 13.7 Å². The highest BCUT2D eigenvalue weighted by atomic mass is 16.5. The first kappa shape index (κ1) is 8.72. The van der Waals surface area contributed by atoms with Gasteiger partial charge in [-0.15, -0.1) is 0 Å². The number of methoxy groups -OCH3 is 1. The molecule has 2 bridgehead atoms. The van der Waals surface area contributed by atoms with Crippen molar-refractivity contribution in [2.45, 2.75) is 19.4 Å². The minimum Gasteiger partial charge on any atom is -0.465 e. The van der Waals surface area contributed by atoms with Gasteiger partial charge in [-0.1, -0.05) is 6.92 Å². The van der Waals surface area contributed by atoms with Gasteiger partial charge in [0, 0.05) is 13.0 Å². The fourth-order valence-electron chi connectivity index (χ4n) is 4.04. The average Bonchev–Trinajstić information content (AvgIpc) is 2.77. The number of cyclic esters (lactones) is 1. The van der Waals surface area contributed by atoms with Gasteiger partial charge in [0.1, 0.15) is 0 Å². The Kier molecular flexibility index (Phi) is 1.69. The molecule has 0 aromatic carbocycles. The summed E-state index contributed by atoms with van der Waals surface area (Å²) in [5.41, 5.74) is 0. The second kappa shape index (κ2) is 2.72. The summed E-state index contributed by atoms with van der Waals surface area (Å²) >= 11 is 0. The van der Waals surface area contributed by atoms with Gasteiger partial charge in [-0.05, 0) is 24.2 Å². The zero-order chi connectivity index (χ0) is 9.87. The molecule has 14 heavy (non-hydrogen) atoms. The van der Waals surface area contributed by atoms with Crippen LogP contribution in [0.3, 0.4) is 0 Å². The number of carbonyl (C=O) groups excluding carboxylic acids is 1. The summed E-state index contributed by atoms with van der Waals surface area (Å²) < 4.78 is 10.7. The molecule has 6 atom stereocenters. The summed E-state index contributed by atoms with van der Waals surface area (Å²) in [6, 6.07) is 0. The molecule has 3 fully saturated rings. The van der Waals surface area contributed by atoms with Crippen molar-refractivity contribution in [1.29, 1.82) is 0 Å². The smallest absolute Gasteiger partial charge is 0.309 e. The third kappa shape index (κ3) is 0.842. The van der Waals surface area contributed by atoms with Crippen LogP contribution in [0, 0.1) is 29.6 Å². The summed E-state index contributed by atoms with van der Waals surface area (Å²) in [6.07, 6.45) is 1.45. The van der Waals surface area contributed by atoms with E-state index in [1.807, 2.05) is 0 Å². The van der Waals surface area contributed by atoms with Gasteiger partial charge in [0.25, 0.3) is 0 Å². The number of carbonyl (C=O) groups is 1. The molecule has 3 rings (SSSR count). The number of rotatable bonds is 1. The Morgan fingerprint density at radius 2 is 2.14 bits per heavy atom. The fraction of sp³-hybridized carbons (Fsp3) is 0.909. The number of esters is 1. The van der Waals surface area contributed by atoms with Crippen molar-refractivity contribution in [3.63, 3.8) is 0 Å². The molecule has 1 saturated heterocycles. The van der Waals surface area contributed by atoms with Crippen LogP contribution in [0.25, 0.3) is 0 Å². The molecular weight excluding hydrogens is 180 g/mol. The van der Waals surface area contributed by atoms with Crippen molar-refractivity contribution < 1.29 is 14.3 Å². The summed E-state index contributed by atoms with van der Waals surface area (Å²) in [6.45, 7) is 2.91. The molecule has 3 nitrogen and oxygen atoms in total. The summed E-state index contributed by atoms with van der Waals surface area (Å²) in [5.74, 6) is 2.36. The SMILES string of the molecule is CO[C@@H]1C(C)C2CC1C1C(=O)OCC21. The third-order valence-electron chi connectivity index (χ3n) is 4.59. The molecule has 0 amide bonds. The number of fused-ring (bicyclic) bond motifs is 5. The standard InChI is InChI=1S/C11H16O3/c1-5-6-3-7(10(5)13-2)9-8(6)4-14-11(9)12/h5-10H,3-4H2,1-2H3/t5?,6?,7?,8?,9?,10-/m1/s1. The van der Waals surface area contributed by atoms with Crippen molar-refractivity contribution >= 4 is 5.97 Å². The Morgan fingerprint density at radius 3 is 2.86 bits per heavy atom. The van der Waals surface area contributed by atoms with Crippen molar-refractivity contribution in [3.05, 3.63) is 0 Å². The molecule has 2 aliphatic carbocycles. The Bertz CT molecular complexity index is 276. The Hall–Kier alpha value is -0.570. The Morgan fingerprint density at radius 1 is 1.36 bits per heavy atom. The van der Waals surface area contributed by atoms with Gasteiger partial charge < -0.3 is 9.47 Å². The second-order valence-corrected chi connectivity index (χ2v) is 4.94. The summed E-state index contributed by atoms with van der Waals surface area (Å²) in [4.78, 5) is 11.5. The molecule has 0 aromatic heterocycles. The van der Waals surface area contributed by atoms with Crippen LogP contribution in [0.2, 0.25) is 0 Å². The van der Waals surface area contributed by atoms with Crippen molar-refractivity contribution in [3.8, 4) is 0 Å². The number of hydrogen-bond acceptors (Lipinski definition) is 3. The van der Waals surface area contributed by atoms with E-state index in [2.05, 4.69) is 6.92 Å². The largest absolute Gasteiger partial charge is 0.465 e. The first-order valence-corrected chi connectivity index (χ1v) is 5.43. The zero-order valence-electron chi connectivity index (χ0n) is 8.60. The third-order valence-corrected chi connectivity index (χ3v) is 4.59. The zero-order valence-corrected chi connectivity index (χ0v) is 8.60. The van der Waals surface area contributed by atoms with Crippen molar-refractivity contribution in [2.24, 2.45) is 29.6 Å². The molecule has 3 aliphatic rings. The minimum absolute atomic E-state index is 0.0245.